The van der Waals surface area contributed by atoms with Gasteiger partial charge >= 0.3 is 0 Å². The second-order valence-corrected chi connectivity index (χ2v) is 7.75. The van der Waals surface area contributed by atoms with Gasteiger partial charge in [0.1, 0.15) is 0 Å². The normalized spacial score (nSPS) is 14.5. The molecule has 0 aliphatic heterocycles. The standard InChI is InChI=1S/C22H26/c1-14-10-15(2)12-18(11-14)19-9-7-8-17-13-20(22(4,5)6)16(3)21(17)19/h7-12H,13H2,1-6H3. The Morgan fingerprint density at radius 2 is 1.50 bits per heavy atom. The molecule has 0 unspecified atom stereocenters. The van der Waals surface area contributed by atoms with Gasteiger partial charge in [0, 0.05) is 0 Å². The maximum atomic E-state index is 2.33. The van der Waals surface area contributed by atoms with Gasteiger partial charge in [-0.3, -0.25) is 0 Å². The van der Waals surface area contributed by atoms with Gasteiger partial charge in [0.25, 0.3) is 0 Å². The zero-order chi connectivity index (χ0) is 16.1. The van der Waals surface area contributed by atoms with Gasteiger partial charge in [0.2, 0.25) is 0 Å². The van der Waals surface area contributed by atoms with Crippen molar-refractivity contribution in [1.29, 1.82) is 0 Å². The molecule has 114 valence electrons. The van der Waals surface area contributed by atoms with Gasteiger partial charge in [-0.15, -0.1) is 0 Å². The van der Waals surface area contributed by atoms with E-state index in [2.05, 4.69) is 77.9 Å². The van der Waals surface area contributed by atoms with Crippen LogP contribution in [0.3, 0.4) is 0 Å². The van der Waals surface area contributed by atoms with Gasteiger partial charge < -0.3 is 0 Å². The van der Waals surface area contributed by atoms with Crippen LogP contribution in [0.15, 0.2) is 42.0 Å². The van der Waals surface area contributed by atoms with Crippen LogP contribution in [0.1, 0.15) is 49.9 Å². The molecule has 2 aromatic rings. The Morgan fingerprint density at radius 3 is 2.09 bits per heavy atom. The summed E-state index contributed by atoms with van der Waals surface area (Å²) in [5.74, 6) is 0. The molecule has 0 N–H and O–H groups in total. The molecule has 0 atom stereocenters. The molecule has 1 aliphatic carbocycles. The second-order valence-electron chi connectivity index (χ2n) is 7.75. The van der Waals surface area contributed by atoms with Gasteiger partial charge in [-0.1, -0.05) is 73.9 Å². The van der Waals surface area contributed by atoms with Crippen LogP contribution in [-0.4, -0.2) is 0 Å². The number of rotatable bonds is 1. The van der Waals surface area contributed by atoms with E-state index in [1.165, 1.54) is 39.0 Å². The van der Waals surface area contributed by atoms with Crippen LogP contribution in [0.4, 0.5) is 0 Å². The number of hydrogen-bond acceptors (Lipinski definition) is 0. The van der Waals surface area contributed by atoms with Gasteiger partial charge in [-0.2, -0.15) is 0 Å². The van der Waals surface area contributed by atoms with Gasteiger partial charge in [-0.25, -0.2) is 0 Å². The van der Waals surface area contributed by atoms with E-state index in [4.69, 9.17) is 0 Å². The zero-order valence-electron chi connectivity index (χ0n) is 14.7. The number of benzene rings is 2. The van der Waals surface area contributed by atoms with Crippen molar-refractivity contribution >= 4 is 5.57 Å². The summed E-state index contributed by atoms with van der Waals surface area (Å²) in [6.07, 6.45) is 1.10. The fourth-order valence-corrected chi connectivity index (χ4v) is 3.86. The van der Waals surface area contributed by atoms with E-state index < -0.39 is 0 Å². The van der Waals surface area contributed by atoms with Crippen molar-refractivity contribution in [2.45, 2.75) is 48.0 Å². The van der Waals surface area contributed by atoms with Crippen molar-refractivity contribution in [3.63, 3.8) is 0 Å². The number of aryl methyl sites for hydroxylation is 2. The van der Waals surface area contributed by atoms with E-state index in [-0.39, 0.29) is 5.41 Å². The highest BCUT2D eigenvalue weighted by Gasteiger charge is 2.28. The molecule has 0 fully saturated rings. The Bertz CT molecular complexity index is 747. The van der Waals surface area contributed by atoms with E-state index in [1.54, 1.807) is 5.57 Å². The molecule has 0 aromatic heterocycles. The molecule has 0 nitrogen and oxygen atoms in total. The smallest absolute Gasteiger partial charge is 0.00496 e. The molecule has 1 aliphatic rings. The lowest BCUT2D eigenvalue weighted by molar-refractivity contribution is 0.496. The first-order valence-corrected chi connectivity index (χ1v) is 8.18. The van der Waals surface area contributed by atoms with Crippen molar-refractivity contribution < 1.29 is 0 Å². The molecule has 0 bridgehead atoms. The molecule has 0 heterocycles. The van der Waals surface area contributed by atoms with Crippen molar-refractivity contribution in [3.05, 3.63) is 64.2 Å². The molecular formula is C22H26. The van der Waals surface area contributed by atoms with Crippen molar-refractivity contribution in [2.24, 2.45) is 5.41 Å². The Balaban J connectivity index is 2.22. The second kappa shape index (κ2) is 5.12. The van der Waals surface area contributed by atoms with E-state index in [1.807, 2.05) is 0 Å². The van der Waals surface area contributed by atoms with E-state index in [9.17, 15) is 0 Å². The summed E-state index contributed by atoms with van der Waals surface area (Å²) in [4.78, 5) is 0. The first-order valence-electron chi connectivity index (χ1n) is 8.18. The predicted octanol–water partition coefficient (Wildman–Crippen LogP) is 6.35. The summed E-state index contributed by atoms with van der Waals surface area (Å²) >= 11 is 0. The molecule has 0 amide bonds. The van der Waals surface area contributed by atoms with Gasteiger partial charge in [0.05, 0.1) is 0 Å². The first kappa shape index (κ1) is 15.1. The summed E-state index contributed by atoms with van der Waals surface area (Å²) in [6, 6.07) is 13.7. The van der Waals surface area contributed by atoms with Crippen LogP contribution < -0.4 is 0 Å². The first-order chi connectivity index (χ1) is 10.3. The highest BCUT2D eigenvalue weighted by molar-refractivity contribution is 5.87. The Kier molecular flexibility index (Phi) is 3.51. The third kappa shape index (κ3) is 2.52. The lowest BCUT2D eigenvalue weighted by atomic mass is 9.83. The summed E-state index contributed by atoms with van der Waals surface area (Å²) < 4.78 is 0. The third-order valence-electron chi connectivity index (χ3n) is 4.78. The summed E-state index contributed by atoms with van der Waals surface area (Å²) in [5, 5.41) is 0. The number of fused-ring (bicyclic) bond motifs is 1. The number of hydrogen-bond donors (Lipinski definition) is 0. The molecule has 0 saturated carbocycles. The monoisotopic (exact) mass is 290 g/mol. The molecule has 2 aromatic carbocycles. The van der Waals surface area contributed by atoms with Crippen LogP contribution in [0, 0.1) is 19.3 Å². The van der Waals surface area contributed by atoms with E-state index in [0.29, 0.717) is 0 Å². The maximum Gasteiger partial charge on any atom is -0.00496 e. The van der Waals surface area contributed by atoms with Crippen LogP contribution in [-0.2, 0) is 6.42 Å². The van der Waals surface area contributed by atoms with Crippen LogP contribution >= 0.6 is 0 Å². The van der Waals surface area contributed by atoms with Crippen molar-refractivity contribution in [2.75, 3.05) is 0 Å². The Labute approximate surface area is 134 Å². The predicted molar refractivity (Wildman–Crippen MR) is 97.1 cm³/mol. The lowest BCUT2D eigenvalue weighted by Gasteiger charge is -2.22. The average Bonchev–Trinajstić information content (AvgIpc) is 2.75. The Hall–Kier alpha value is -1.82. The summed E-state index contributed by atoms with van der Waals surface area (Å²) in [5.41, 5.74) is 11.7. The summed E-state index contributed by atoms with van der Waals surface area (Å²) in [6.45, 7) is 13.7. The number of allylic oxidation sites excluding steroid dienone is 2. The van der Waals surface area contributed by atoms with E-state index in [0.717, 1.165) is 6.42 Å². The van der Waals surface area contributed by atoms with Gasteiger partial charge in [0.15, 0.2) is 0 Å². The molecule has 0 spiro atoms. The maximum absolute atomic E-state index is 2.33. The summed E-state index contributed by atoms with van der Waals surface area (Å²) in [7, 11) is 0. The highest BCUT2D eigenvalue weighted by Crippen LogP contribution is 2.45. The minimum atomic E-state index is 0.239. The third-order valence-corrected chi connectivity index (χ3v) is 4.78. The fourth-order valence-electron chi connectivity index (χ4n) is 3.86. The molecule has 0 saturated heterocycles. The highest BCUT2D eigenvalue weighted by atomic mass is 14.3. The van der Waals surface area contributed by atoms with Gasteiger partial charge in [-0.05, 0) is 60.4 Å². The minimum absolute atomic E-state index is 0.239. The largest absolute Gasteiger partial charge is 0.0613 e. The van der Waals surface area contributed by atoms with Crippen LogP contribution in [0.2, 0.25) is 0 Å². The Morgan fingerprint density at radius 1 is 0.864 bits per heavy atom. The average molecular weight is 290 g/mol. The lowest BCUT2D eigenvalue weighted by Crippen LogP contribution is -2.09. The molecule has 22 heavy (non-hydrogen) atoms. The minimum Gasteiger partial charge on any atom is -0.0613 e. The molecule has 0 radical (unpaired) electrons. The fraction of sp³-hybridized carbons (Fsp3) is 0.364. The van der Waals surface area contributed by atoms with Crippen molar-refractivity contribution in [3.8, 4) is 11.1 Å². The van der Waals surface area contributed by atoms with Crippen LogP contribution in [0.25, 0.3) is 16.7 Å². The van der Waals surface area contributed by atoms with Crippen molar-refractivity contribution in [1.82, 2.24) is 0 Å². The SMILES string of the molecule is CC1=C(C(C)(C)C)Cc2cccc(-c3cc(C)cc(C)c3)c21. The van der Waals surface area contributed by atoms with Crippen LogP contribution in [0.5, 0.6) is 0 Å². The quantitative estimate of drug-likeness (QED) is 0.574. The zero-order valence-corrected chi connectivity index (χ0v) is 14.7. The van der Waals surface area contributed by atoms with E-state index >= 15 is 0 Å². The molecule has 3 rings (SSSR count). The topological polar surface area (TPSA) is 0 Å². The molecular weight excluding hydrogens is 264 g/mol. The molecule has 0 heteroatoms.